The van der Waals surface area contributed by atoms with Gasteiger partial charge in [0, 0.05) is 6.54 Å². The summed E-state index contributed by atoms with van der Waals surface area (Å²) in [6, 6.07) is 5.42. The standard InChI is InChI=1S/C18H26FN3O3/c1-11(2)17(20)18(24)21-8-16(23)22-9-12(3)25-15(10-22)13-4-6-14(19)7-5-13/h4-7,11-12,15,17H,8-10,20H2,1-3H3,(H,21,24)/t12?,15?,17-/m0/s1. The predicted molar refractivity (Wildman–Crippen MR) is 92.1 cm³/mol. The summed E-state index contributed by atoms with van der Waals surface area (Å²) in [5.41, 5.74) is 6.59. The van der Waals surface area contributed by atoms with E-state index in [0.717, 1.165) is 5.56 Å². The maximum atomic E-state index is 13.1. The third kappa shape index (κ3) is 5.24. The molecule has 1 aromatic carbocycles. The fourth-order valence-electron chi connectivity index (χ4n) is 2.71. The normalized spacial score (nSPS) is 21.9. The van der Waals surface area contributed by atoms with Crippen LogP contribution in [-0.4, -0.2) is 48.5 Å². The van der Waals surface area contributed by atoms with Gasteiger partial charge in [-0.2, -0.15) is 0 Å². The van der Waals surface area contributed by atoms with Gasteiger partial charge in [0.1, 0.15) is 11.9 Å². The lowest BCUT2D eigenvalue weighted by molar-refractivity contribution is -0.145. The van der Waals surface area contributed by atoms with E-state index < -0.39 is 6.04 Å². The molecule has 1 saturated heterocycles. The molecule has 2 rings (SSSR count). The lowest BCUT2D eigenvalue weighted by atomic mass is 10.0. The largest absolute Gasteiger partial charge is 0.367 e. The first kappa shape index (κ1) is 19.3. The summed E-state index contributed by atoms with van der Waals surface area (Å²) in [5.74, 6) is -0.836. The van der Waals surface area contributed by atoms with E-state index in [-0.39, 0.29) is 42.3 Å². The number of carbonyl (C=O) groups excluding carboxylic acids is 2. The van der Waals surface area contributed by atoms with Crippen molar-refractivity contribution in [2.24, 2.45) is 11.7 Å². The molecule has 0 aromatic heterocycles. The van der Waals surface area contributed by atoms with Crippen LogP contribution in [0.2, 0.25) is 0 Å². The highest BCUT2D eigenvalue weighted by Gasteiger charge is 2.29. The van der Waals surface area contributed by atoms with E-state index in [0.29, 0.717) is 13.1 Å². The molecule has 1 aromatic rings. The van der Waals surface area contributed by atoms with Gasteiger partial charge in [-0.3, -0.25) is 9.59 Å². The van der Waals surface area contributed by atoms with Crippen LogP contribution < -0.4 is 11.1 Å². The second-order valence-electron chi connectivity index (χ2n) is 6.77. The molecule has 0 bridgehead atoms. The van der Waals surface area contributed by atoms with Crippen molar-refractivity contribution in [2.75, 3.05) is 19.6 Å². The Bertz CT molecular complexity index is 606. The number of hydrogen-bond donors (Lipinski definition) is 2. The van der Waals surface area contributed by atoms with Crippen LogP contribution in [0.4, 0.5) is 4.39 Å². The van der Waals surface area contributed by atoms with Gasteiger partial charge in [0.2, 0.25) is 11.8 Å². The zero-order valence-corrected chi connectivity index (χ0v) is 14.9. The molecule has 1 aliphatic rings. The molecule has 0 spiro atoms. The molecular formula is C18H26FN3O3. The van der Waals surface area contributed by atoms with Crippen LogP contribution in [0.1, 0.15) is 32.4 Å². The smallest absolute Gasteiger partial charge is 0.242 e. The quantitative estimate of drug-likeness (QED) is 0.835. The number of nitrogens with one attached hydrogen (secondary N) is 1. The molecular weight excluding hydrogens is 325 g/mol. The monoisotopic (exact) mass is 351 g/mol. The Morgan fingerprint density at radius 2 is 1.96 bits per heavy atom. The second kappa shape index (κ2) is 8.40. The molecule has 2 unspecified atom stereocenters. The van der Waals surface area contributed by atoms with Crippen molar-refractivity contribution in [3.8, 4) is 0 Å². The second-order valence-corrected chi connectivity index (χ2v) is 6.77. The molecule has 0 saturated carbocycles. The molecule has 1 aliphatic heterocycles. The summed E-state index contributed by atoms with van der Waals surface area (Å²) in [6.45, 7) is 6.29. The van der Waals surface area contributed by atoms with Crippen LogP contribution in [0.25, 0.3) is 0 Å². The molecule has 7 heteroatoms. The Labute approximate surface area is 147 Å². The zero-order chi connectivity index (χ0) is 18.6. The van der Waals surface area contributed by atoms with E-state index in [4.69, 9.17) is 10.5 Å². The number of ether oxygens (including phenoxy) is 1. The van der Waals surface area contributed by atoms with Crippen LogP contribution in [0.3, 0.4) is 0 Å². The van der Waals surface area contributed by atoms with E-state index in [1.165, 1.54) is 12.1 Å². The molecule has 2 amide bonds. The number of benzene rings is 1. The highest BCUT2D eigenvalue weighted by Crippen LogP contribution is 2.25. The highest BCUT2D eigenvalue weighted by atomic mass is 19.1. The predicted octanol–water partition coefficient (Wildman–Crippen LogP) is 1.21. The maximum absolute atomic E-state index is 13.1. The van der Waals surface area contributed by atoms with Gasteiger partial charge >= 0.3 is 0 Å². The molecule has 3 N–H and O–H groups in total. The van der Waals surface area contributed by atoms with Crippen molar-refractivity contribution in [1.82, 2.24) is 10.2 Å². The van der Waals surface area contributed by atoms with Crippen molar-refractivity contribution in [3.05, 3.63) is 35.6 Å². The van der Waals surface area contributed by atoms with Gasteiger partial charge in [-0.25, -0.2) is 4.39 Å². The average Bonchev–Trinajstić information content (AvgIpc) is 2.58. The molecule has 6 nitrogen and oxygen atoms in total. The van der Waals surface area contributed by atoms with Crippen LogP contribution in [0.5, 0.6) is 0 Å². The SMILES string of the molecule is CC1CN(C(=O)CNC(=O)[C@@H](N)C(C)C)CC(c2ccc(F)cc2)O1. The van der Waals surface area contributed by atoms with E-state index in [1.807, 2.05) is 20.8 Å². The van der Waals surface area contributed by atoms with Crippen molar-refractivity contribution < 1.29 is 18.7 Å². The van der Waals surface area contributed by atoms with Crippen molar-refractivity contribution in [2.45, 2.75) is 39.0 Å². The minimum absolute atomic E-state index is 0.00127. The van der Waals surface area contributed by atoms with Crippen LogP contribution in [0.15, 0.2) is 24.3 Å². The molecule has 3 atom stereocenters. The van der Waals surface area contributed by atoms with Crippen LogP contribution in [0, 0.1) is 11.7 Å². The van der Waals surface area contributed by atoms with E-state index in [2.05, 4.69) is 5.32 Å². The van der Waals surface area contributed by atoms with Crippen molar-refractivity contribution in [3.63, 3.8) is 0 Å². The number of amides is 2. The zero-order valence-electron chi connectivity index (χ0n) is 14.9. The first-order valence-corrected chi connectivity index (χ1v) is 8.50. The number of carbonyl (C=O) groups is 2. The summed E-state index contributed by atoms with van der Waals surface area (Å²) in [6.07, 6.45) is -0.469. The Morgan fingerprint density at radius 1 is 1.32 bits per heavy atom. The molecule has 138 valence electrons. The Kier molecular flexibility index (Phi) is 6.50. The highest BCUT2D eigenvalue weighted by molar-refractivity contribution is 5.87. The number of morpholine rings is 1. The fourth-order valence-corrected chi connectivity index (χ4v) is 2.71. The van der Waals surface area contributed by atoms with Gasteiger partial charge in [-0.1, -0.05) is 26.0 Å². The van der Waals surface area contributed by atoms with E-state index in [1.54, 1.807) is 17.0 Å². The van der Waals surface area contributed by atoms with E-state index >= 15 is 0 Å². The first-order chi connectivity index (χ1) is 11.8. The average molecular weight is 351 g/mol. The topological polar surface area (TPSA) is 84.7 Å². The van der Waals surface area contributed by atoms with E-state index in [9.17, 15) is 14.0 Å². The lowest BCUT2D eigenvalue weighted by Gasteiger charge is -2.37. The van der Waals surface area contributed by atoms with Gasteiger partial charge in [0.15, 0.2) is 0 Å². The summed E-state index contributed by atoms with van der Waals surface area (Å²) < 4.78 is 18.9. The minimum atomic E-state index is -0.636. The Morgan fingerprint density at radius 3 is 2.56 bits per heavy atom. The number of hydrogen-bond acceptors (Lipinski definition) is 4. The maximum Gasteiger partial charge on any atom is 0.242 e. The number of rotatable bonds is 5. The number of nitrogens with zero attached hydrogens (tertiary/aromatic N) is 1. The summed E-state index contributed by atoms with van der Waals surface area (Å²) in [5, 5.41) is 2.59. The number of halogens is 1. The van der Waals surface area contributed by atoms with Gasteiger partial charge in [-0.15, -0.1) is 0 Å². The first-order valence-electron chi connectivity index (χ1n) is 8.50. The molecule has 0 radical (unpaired) electrons. The van der Waals surface area contributed by atoms with Crippen molar-refractivity contribution >= 4 is 11.8 Å². The summed E-state index contributed by atoms with van der Waals surface area (Å²) in [4.78, 5) is 26.0. The van der Waals surface area contributed by atoms with Crippen LogP contribution >= 0.6 is 0 Å². The number of nitrogens with two attached hydrogens (primary N) is 1. The Balaban J connectivity index is 1.95. The minimum Gasteiger partial charge on any atom is -0.367 e. The van der Waals surface area contributed by atoms with Crippen molar-refractivity contribution in [1.29, 1.82) is 0 Å². The fraction of sp³-hybridized carbons (Fsp3) is 0.556. The van der Waals surface area contributed by atoms with Gasteiger partial charge < -0.3 is 20.7 Å². The lowest BCUT2D eigenvalue weighted by Crippen LogP contribution is -2.51. The third-order valence-electron chi connectivity index (χ3n) is 4.29. The summed E-state index contributed by atoms with van der Waals surface area (Å²) >= 11 is 0. The van der Waals surface area contributed by atoms with Crippen LogP contribution in [-0.2, 0) is 14.3 Å². The van der Waals surface area contributed by atoms with Gasteiger partial charge in [0.25, 0.3) is 0 Å². The van der Waals surface area contributed by atoms with Gasteiger partial charge in [-0.05, 0) is 30.5 Å². The molecule has 0 aliphatic carbocycles. The summed E-state index contributed by atoms with van der Waals surface area (Å²) in [7, 11) is 0. The molecule has 1 fully saturated rings. The molecule has 25 heavy (non-hydrogen) atoms. The van der Waals surface area contributed by atoms with Gasteiger partial charge in [0.05, 0.1) is 25.2 Å². The molecule has 1 heterocycles. The third-order valence-corrected chi connectivity index (χ3v) is 4.29. The Hall–Kier alpha value is -1.99.